The molecule has 6 rings (SSSR count). The van der Waals surface area contributed by atoms with Gasteiger partial charge in [-0.1, -0.05) is 25.1 Å². The van der Waals surface area contributed by atoms with Gasteiger partial charge in [0.05, 0.1) is 15.4 Å². The summed E-state index contributed by atoms with van der Waals surface area (Å²) < 4.78 is 132. The van der Waals surface area contributed by atoms with Crippen LogP contribution >= 0.6 is 0 Å². The zero-order valence-electron chi connectivity index (χ0n) is 29.6. The van der Waals surface area contributed by atoms with E-state index >= 15 is 8.78 Å². The normalized spacial score (nSPS) is 12.2. The molecule has 0 atom stereocenters. The average molecular weight is 827 g/mol. The molecule has 2 aromatic carbocycles. The number of benzene rings is 2. The highest BCUT2D eigenvalue weighted by atomic mass is 32.2. The largest absolute Gasteiger partial charge is 0.416 e. The molecule has 0 saturated carbocycles. The van der Waals surface area contributed by atoms with E-state index in [0.29, 0.717) is 6.07 Å². The fraction of sp³-hybridized carbons (Fsp3) is 0.167. The van der Waals surface area contributed by atoms with Crippen LogP contribution in [0.25, 0.3) is 44.8 Å². The van der Waals surface area contributed by atoms with Crippen LogP contribution in [0.2, 0.25) is 0 Å². The molecule has 0 radical (unpaired) electrons. The lowest BCUT2D eigenvalue weighted by molar-refractivity contribution is -0.138. The third kappa shape index (κ3) is 9.01. The monoisotopic (exact) mass is 826 g/mol. The number of anilines is 2. The van der Waals surface area contributed by atoms with Crippen LogP contribution in [-0.2, 0) is 32.6 Å². The van der Waals surface area contributed by atoms with Crippen LogP contribution in [0, 0.1) is 11.6 Å². The molecule has 0 saturated heterocycles. The van der Waals surface area contributed by atoms with Gasteiger partial charge in [-0.15, -0.1) is 0 Å². The minimum atomic E-state index is -5.04. The summed E-state index contributed by atoms with van der Waals surface area (Å²) in [6.07, 6.45) is 1.72. The fourth-order valence-corrected chi connectivity index (χ4v) is 8.41. The summed E-state index contributed by atoms with van der Waals surface area (Å²) in [7, 11) is -8.89. The average Bonchev–Trinajstić information content (AvgIpc) is 3.16. The number of pyridine rings is 2. The van der Waals surface area contributed by atoms with Crippen molar-refractivity contribution in [2.24, 2.45) is 0 Å². The van der Waals surface area contributed by atoms with Gasteiger partial charge in [-0.25, -0.2) is 55.0 Å². The number of nitrogen functional groups attached to an aromatic ring is 2. The Balaban J connectivity index is 1.28. The minimum Gasteiger partial charge on any atom is -0.368 e. The van der Waals surface area contributed by atoms with Gasteiger partial charge in [-0.2, -0.15) is 13.2 Å². The lowest BCUT2D eigenvalue weighted by Gasteiger charge is -2.19. The number of hydrogen-bond donors (Lipinski definition) is 4. The second-order valence-electron chi connectivity index (χ2n) is 12.3. The topological polar surface area (TPSA) is 222 Å². The molecule has 6 N–H and O–H groups in total. The molecule has 0 aliphatic heterocycles. The molecule has 0 spiro atoms. The molecule has 296 valence electrons. The zero-order valence-corrected chi connectivity index (χ0v) is 31.2. The van der Waals surface area contributed by atoms with Crippen molar-refractivity contribution in [2.45, 2.75) is 35.7 Å². The number of nitrogens with zero attached hydrogens (tertiary/aromatic N) is 6. The van der Waals surface area contributed by atoms with Gasteiger partial charge in [0.25, 0.3) is 0 Å². The number of aryl methyl sites for hydroxylation is 1. The highest BCUT2D eigenvalue weighted by Crippen LogP contribution is 2.39. The molecule has 21 heteroatoms. The molecule has 0 unspecified atom stereocenters. The van der Waals surface area contributed by atoms with Crippen molar-refractivity contribution in [3.8, 4) is 44.8 Å². The van der Waals surface area contributed by atoms with Crippen molar-refractivity contribution >= 4 is 31.9 Å². The molecular formula is C36H31F5N10O4S2. The summed E-state index contributed by atoms with van der Waals surface area (Å²) in [5, 5.41) is 0. The Morgan fingerprint density at radius 1 is 0.632 bits per heavy atom. The van der Waals surface area contributed by atoms with Crippen LogP contribution in [-0.4, -0.2) is 59.8 Å². The Morgan fingerprint density at radius 2 is 1.12 bits per heavy atom. The summed E-state index contributed by atoms with van der Waals surface area (Å²) in [5.74, 6) is -1.85. The van der Waals surface area contributed by atoms with Crippen LogP contribution in [0.5, 0.6) is 0 Å². The molecule has 0 bridgehead atoms. The van der Waals surface area contributed by atoms with Crippen molar-refractivity contribution in [3.05, 3.63) is 108 Å². The summed E-state index contributed by atoms with van der Waals surface area (Å²) >= 11 is 0. The molecule has 4 aromatic heterocycles. The number of aromatic nitrogens is 6. The minimum absolute atomic E-state index is 0.0240. The van der Waals surface area contributed by atoms with Gasteiger partial charge >= 0.3 is 6.18 Å². The van der Waals surface area contributed by atoms with E-state index in [4.69, 9.17) is 11.5 Å². The fourth-order valence-electron chi connectivity index (χ4n) is 5.83. The van der Waals surface area contributed by atoms with Gasteiger partial charge < -0.3 is 11.5 Å². The Labute approximate surface area is 322 Å². The Bertz CT molecular complexity index is 2670. The summed E-state index contributed by atoms with van der Waals surface area (Å²) in [4.78, 5) is 22.4. The maximum Gasteiger partial charge on any atom is 0.416 e. The van der Waals surface area contributed by atoms with E-state index in [1.54, 1.807) is 0 Å². The maximum absolute atomic E-state index is 15.4. The number of nitrogens with one attached hydrogen (secondary N) is 2. The van der Waals surface area contributed by atoms with E-state index in [2.05, 4.69) is 39.3 Å². The van der Waals surface area contributed by atoms with E-state index in [9.17, 15) is 30.0 Å². The third-order valence-electron chi connectivity index (χ3n) is 8.42. The van der Waals surface area contributed by atoms with Crippen LogP contribution in [0.15, 0.2) is 95.5 Å². The van der Waals surface area contributed by atoms with Gasteiger partial charge in [-0.05, 0) is 48.7 Å². The predicted octanol–water partition coefficient (Wildman–Crippen LogP) is 5.40. The first-order chi connectivity index (χ1) is 27.0. The van der Waals surface area contributed by atoms with Crippen LogP contribution in [0.3, 0.4) is 0 Å². The number of sulfonamides is 2. The molecule has 0 fully saturated rings. The highest BCUT2D eigenvalue weighted by Gasteiger charge is 2.36. The molecule has 57 heavy (non-hydrogen) atoms. The smallest absolute Gasteiger partial charge is 0.368 e. The first-order valence-electron chi connectivity index (χ1n) is 16.8. The third-order valence-corrected chi connectivity index (χ3v) is 11.5. The standard InChI is InChI=1S/C36H31F5N10O4S2/c1-2-50-57(54,55)31-13-27(36(39,40)41)20(10-26(31)22-12-29(38)33(45-15-22)24-18-48-35(43)49-19-24)6-5-9-51-56(52,53)30-8-4-3-7-25(30)21-11-28(37)32(44-14-21)23-16-46-34(42)47-17-23/h3-4,7-8,10-19,50-51H,2,5-6,9H2,1H3,(H2,42,46,47)(H2,43,48,49). The van der Waals surface area contributed by atoms with Crippen molar-refractivity contribution < 1.29 is 38.8 Å². The van der Waals surface area contributed by atoms with E-state index in [0.717, 1.165) is 24.4 Å². The van der Waals surface area contributed by atoms with E-state index in [-0.39, 0.29) is 81.1 Å². The van der Waals surface area contributed by atoms with Crippen molar-refractivity contribution in [3.63, 3.8) is 0 Å². The lowest BCUT2D eigenvalue weighted by Crippen LogP contribution is -2.26. The Morgan fingerprint density at radius 3 is 1.63 bits per heavy atom. The van der Waals surface area contributed by atoms with Crippen molar-refractivity contribution in [2.75, 3.05) is 24.6 Å². The Kier molecular flexibility index (Phi) is 11.6. The SMILES string of the molecule is CCNS(=O)(=O)c1cc(C(F)(F)F)c(CCCNS(=O)(=O)c2ccccc2-c2cnc(-c3cnc(N)nc3)c(F)c2)cc1-c1cnc(-c2cnc(N)nc2)c(F)c1. The van der Waals surface area contributed by atoms with Gasteiger partial charge in [0.2, 0.25) is 31.9 Å². The summed E-state index contributed by atoms with van der Waals surface area (Å²) in [6, 6.07) is 9.12. The maximum atomic E-state index is 15.4. The van der Waals surface area contributed by atoms with Crippen LogP contribution < -0.4 is 20.9 Å². The molecular weight excluding hydrogens is 796 g/mol. The number of alkyl halides is 3. The summed E-state index contributed by atoms with van der Waals surface area (Å²) in [5.41, 5.74) is 9.13. The van der Waals surface area contributed by atoms with Gasteiger partial charge in [0, 0.05) is 83.7 Å². The van der Waals surface area contributed by atoms with Gasteiger partial charge in [-0.3, -0.25) is 9.97 Å². The first kappa shape index (κ1) is 40.6. The van der Waals surface area contributed by atoms with E-state index in [1.165, 1.54) is 62.2 Å². The number of nitrogens with two attached hydrogens (primary N) is 2. The number of rotatable bonds is 13. The molecule has 4 heterocycles. The molecule has 0 aliphatic rings. The second-order valence-corrected chi connectivity index (χ2v) is 15.7. The van der Waals surface area contributed by atoms with Crippen LogP contribution in [0.4, 0.5) is 33.8 Å². The van der Waals surface area contributed by atoms with Crippen molar-refractivity contribution in [1.82, 2.24) is 39.3 Å². The molecule has 0 aliphatic carbocycles. The summed E-state index contributed by atoms with van der Waals surface area (Å²) in [6.45, 7) is 0.911. The highest BCUT2D eigenvalue weighted by molar-refractivity contribution is 7.90. The van der Waals surface area contributed by atoms with Crippen LogP contribution in [0.1, 0.15) is 24.5 Å². The van der Waals surface area contributed by atoms with Crippen molar-refractivity contribution in [1.29, 1.82) is 0 Å². The quantitative estimate of drug-likeness (QED) is 0.0850. The first-order valence-corrected chi connectivity index (χ1v) is 19.7. The number of hydrogen-bond acceptors (Lipinski definition) is 12. The zero-order chi connectivity index (χ0) is 41.1. The molecule has 14 nitrogen and oxygen atoms in total. The van der Waals surface area contributed by atoms with E-state index in [1.807, 2.05) is 0 Å². The van der Waals surface area contributed by atoms with Gasteiger partial charge in [0.1, 0.15) is 23.0 Å². The van der Waals surface area contributed by atoms with Gasteiger partial charge in [0.15, 0.2) is 0 Å². The van der Waals surface area contributed by atoms with E-state index < -0.39 is 60.3 Å². The molecule has 0 amide bonds. The Hall–Kier alpha value is -6.03. The lowest BCUT2D eigenvalue weighted by atomic mass is 9.96. The number of halogens is 5. The molecule has 6 aromatic rings. The second kappa shape index (κ2) is 16.2. The predicted molar refractivity (Wildman–Crippen MR) is 200 cm³/mol.